The summed E-state index contributed by atoms with van der Waals surface area (Å²) in [4.78, 5) is 4.33. The molecule has 0 fully saturated rings. The summed E-state index contributed by atoms with van der Waals surface area (Å²) in [6.07, 6.45) is 4.23. The number of aromatic nitrogens is 5. The van der Waals surface area contributed by atoms with Crippen molar-refractivity contribution in [2.24, 2.45) is 12.9 Å². The highest BCUT2D eigenvalue weighted by Gasteiger charge is 2.18. The van der Waals surface area contributed by atoms with Gasteiger partial charge in [0.1, 0.15) is 12.2 Å². The van der Waals surface area contributed by atoms with Crippen LogP contribution in [0.5, 0.6) is 0 Å². The topological polar surface area (TPSA) is 86.6 Å². The molecule has 7 nitrogen and oxygen atoms in total. The van der Waals surface area contributed by atoms with E-state index in [4.69, 9.17) is 5.84 Å². The van der Waals surface area contributed by atoms with Gasteiger partial charge in [0, 0.05) is 20.0 Å². The third-order valence-electron chi connectivity index (χ3n) is 3.40. The third kappa shape index (κ3) is 3.05. The second-order valence-electron chi connectivity index (χ2n) is 4.86. The average Bonchev–Trinajstić information content (AvgIpc) is 3.03. The van der Waals surface area contributed by atoms with Crippen LogP contribution >= 0.6 is 0 Å². The number of hydrazine groups is 1. The lowest BCUT2D eigenvalue weighted by molar-refractivity contribution is 0.474. The van der Waals surface area contributed by atoms with Gasteiger partial charge in [-0.3, -0.25) is 20.6 Å². The molecule has 0 saturated heterocycles. The first-order valence-corrected chi connectivity index (χ1v) is 7.05. The fraction of sp³-hybridized carbons (Fsp3) is 0.615. The zero-order valence-electron chi connectivity index (χ0n) is 12.4. The SMILES string of the molecule is CCCn1ncnc1CC(NN)c1cc(CC)nn1C. The van der Waals surface area contributed by atoms with Crippen LogP contribution in [-0.4, -0.2) is 24.5 Å². The van der Waals surface area contributed by atoms with Gasteiger partial charge in [-0.25, -0.2) is 4.98 Å². The molecule has 0 amide bonds. The Bertz CT molecular complexity index is 543. The predicted molar refractivity (Wildman–Crippen MR) is 76.7 cm³/mol. The molecule has 0 spiro atoms. The van der Waals surface area contributed by atoms with Crippen molar-refractivity contribution in [3.05, 3.63) is 29.6 Å². The van der Waals surface area contributed by atoms with Crippen LogP contribution in [0.2, 0.25) is 0 Å². The number of rotatable bonds is 7. The van der Waals surface area contributed by atoms with Gasteiger partial charge >= 0.3 is 0 Å². The minimum absolute atomic E-state index is 0.0207. The zero-order valence-corrected chi connectivity index (χ0v) is 12.4. The van der Waals surface area contributed by atoms with Crippen LogP contribution in [0, 0.1) is 0 Å². The van der Waals surface area contributed by atoms with Crippen molar-refractivity contribution in [3.8, 4) is 0 Å². The lowest BCUT2D eigenvalue weighted by Crippen LogP contribution is -2.32. The Labute approximate surface area is 119 Å². The maximum atomic E-state index is 5.72. The summed E-state index contributed by atoms with van der Waals surface area (Å²) >= 11 is 0. The summed E-state index contributed by atoms with van der Waals surface area (Å²) < 4.78 is 3.81. The Balaban J connectivity index is 2.19. The maximum Gasteiger partial charge on any atom is 0.138 e. The number of hydrogen-bond donors (Lipinski definition) is 2. The molecule has 0 aliphatic rings. The molecule has 3 N–H and O–H groups in total. The van der Waals surface area contributed by atoms with E-state index in [-0.39, 0.29) is 6.04 Å². The van der Waals surface area contributed by atoms with E-state index in [1.54, 1.807) is 6.33 Å². The molecule has 0 aliphatic heterocycles. The number of nitrogens with one attached hydrogen (secondary N) is 1. The van der Waals surface area contributed by atoms with Gasteiger partial charge in [0.05, 0.1) is 17.4 Å². The van der Waals surface area contributed by atoms with E-state index in [2.05, 4.69) is 40.5 Å². The fourth-order valence-electron chi connectivity index (χ4n) is 2.32. The van der Waals surface area contributed by atoms with Crippen LogP contribution in [0.4, 0.5) is 0 Å². The Morgan fingerprint density at radius 2 is 2.20 bits per heavy atom. The Morgan fingerprint density at radius 1 is 1.40 bits per heavy atom. The van der Waals surface area contributed by atoms with Crippen LogP contribution in [0.1, 0.15) is 43.5 Å². The van der Waals surface area contributed by atoms with Crippen molar-refractivity contribution in [1.29, 1.82) is 0 Å². The van der Waals surface area contributed by atoms with Gasteiger partial charge in [0.2, 0.25) is 0 Å². The molecule has 0 aromatic carbocycles. The number of hydrogen-bond acceptors (Lipinski definition) is 5. The molecule has 0 bridgehead atoms. The van der Waals surface area contributed by atoms with Gasteiger partial charge in [-0.05, 0) is 18.9 Å². The smallest absolute Gasteiger partial charge is 0.138 e. The van der Waals surface area contributed by atoms with Crippen LogP contribution in [-0.2, 0) is 26.4 Å². The highest BCUT2D eigenvalue weighted by molar-refractivity contribution is 5.15. The first-order chi connectivity index (χ1) is 9.69. The van der Waals surface area contributed by atoms with Crippen LogP contribution in [0.25, 0.3) is 0 Å². The van der Waals surface area contributed by atoms with Crippen LogP contribution in [0.15, 0.2) is 12.4 Å². The van der Waals surface area contributed by atoms with E-state index in [1.165, 1.54) is 0 Å². The molecule has 110 valence electrons. The summed E-state index contributed by atoms with van der Waals surface area (Å²) in [5, 5.41) is 8.71. The molecule has 1 unspecified atom stereocenters. The molecular formula is C13H23N7. The molecule has 7 heteroatoms. The lowest BCUT2D eigenvalue weighted by Gasteiger charge is -2.16. The highest BCUT2D eigenvalue weighted by atomic mass is 15.3. The molecular weight excluding hydrogens is 254 g/mol. The molecule has 2 aromatic heterocycles. The summed E-state index contributed by atoms with van der Waals surface area (Å²) in [6.45, 7) is 5.09. The standard InChI is InChI=1S/C13H23N7/c1-4-6-20-13(15-9-16-20)8-11(17-14)12-7-10(5-2)18-19(12)3/h7,9,11,17H,4-6,8,14H2,1-3H3. The monoisotopic (exact) mass is 277 g/mol. The zero-order chi connectivity index (χ0) is 14.5. The van der Waals surface area contributed by atoms with E-state index < -0.39 is 0 Å². The minimum atomic E-state index is -0.0207. The molecule has 2 aromatic rings. The molecule has 0 saturated carbocycles. The molecule has 0 radical (unpaired) electrons. The number of nitrogens with two attached hydrogens (primary N) is 1. The largest absolute Gasteiger partial charge is 0.271 e. The fourth-order valence-corrected chi connectivity index (χ4v) is 2.32. The summed E-state index contributed by atoms with van der Waals surface area (Å²) in [5.74, 6) is 6.66. The summed E-state index contributed by atoms with van der Waals surface area (Å²) in [5.41, 5.74) is 4.99. The summed E-state index contributed by atoms with van der Waals surface area (Å²) in [7, 11) is 1.94. The van der Waals surface area contributed by atoms with Crippen molar-refractivity contribution >= 4 is 0 Å². The Hall–Kier alpha value is -1.73. The molecule has 0 aliphatic carbocycles. The van der Waals surface area contributed by atoms with Gasteiger partial charge in [-0.15, -0.1) is 0 Å². The average molecular weight is 277 g/mol. The Kier molecular flexibility index (Phi) is 4.86. The Morgan fingerprint density at radius 3 is 2.80 bits per heavy atom. The highest BCUT2D eigenvalue weighted by Crippen LogP contribution is 2.17. The van der Waals surface area contributed by atoms with Crippen molar-refractivity contribution in [1.82, 2.24) is 30.0 Å². The second-order valence-corrected chi connectivity index (χ2v) is 4.86. The minimum Gasteiger partial charge on any atom is -0.271 e. The predicted octanol–water partition coefficient (Wildman–Crippen LogP) is 0.731. The molecule has 2 heterocycles. The molecule has 2 rings (SSSR count). The normalized spacial score (nSPS) is 12.8. The van der Waals surface area contributed by atoms with Gasteiger partial charge in [-0.1, -0.05) is 13.8 Å². The first kappa shape index (κ1) is 14.7. The quantitative estimate of drug-likeness (QED) is 0.575. The van der Waals surface area contributed by atoms with Gasteiger partial charge in [-0.2, -0.15) is 10.2 Å². The van der Waals surface area contributed by atoms with Crippen molar-refractivity contribution < 1.29 is 0 Å². The van der Waals surface area contributed by atoms with Gasteiger partial charge in [0.15, 0.2) is 0 Å². The van der Waals surface area contributed by atoms with Gasteiger partial charge < -0.3 is 0 Å². The van der Waals surface area contributed by atoms with E-state index in [0.717, 1.165) is 36.6 Å². The first-order valence-electron chi connectivity index (χ1n) is 7.05. The lowest BCUT2D eigenvalue weighted by atomic mass is 10.1. The second kappa shape index (κ2) is 6.62. The third-order valence-corrected chi connectivity index (χ3v) is 3.40. The van der Waals surface area contributed by atoms with E-state index in [9.17, 15) is 0 Å². The van der Waals surface area contributed by atoms with Crippen molar-refractivity contribution in [2.45, 2.75) is 45.7 Å². The molecule has 20 heavy (non-hydrogen) atoms. The van der Waals surface area contributed by atoms with Crippen LogP contribution < -0.4 is 11.3 Å². The number of nitrogens with zero attached hydrogens (tertiary/aromatic N) is 5. The van der Waals surface area contributed by atoms with Crippen molar-refractivity contribution in [2.75, 3.05) is 0 Å². The van der Waals surface area contributed by atoms with E-state index in [1.807, 2.05) is 16.4 Å². The van der Waals surface area contributed by atoms with Gasteiger partial charge in [0.25, 0.3) is 0 Å². The van der Waals surface area contributed by atoms with E-state index in [0.29, 0.717) is 6.42 Å². The maximum absolute atomic E-state index is 5.72. The number of aryl methyl sites for hydroxylation is 3. The summed E-state index contributed by atoms with van der Waals surface area (Å²) in [6, 6.07) is 2.07. The van der Waals surface area contributed by atoms with E-state index >= 15 is 0 Å². The molecule has 1 atom stereocenters. The van der Waals surface area contributed by atoms with Crippen molar-refractivity contribution in [3.63, 3.8) is 0 Å². The van der Waals surface area contributed by atoms with Crippen LogP contribution in [0.3, 0.4) is 0 Å².